The Bertz CT molecular complexity index is 4680. The Kier molecular flexibility index (Phi) is 15.9. The number of rotatable bonds is 14. The minimum absolute atomic E-state index is 0.00971. The Morgan fingerprint density at radius 3 is 1.01 bits per heavy atom. The lowest BCUT2D eigenvalue weighted by molar-refractivity contribution is -0.179. The van der Waals surface area contributed by atoms with E-state index in [4.69, 9.17) is 38.4 Å². The molecule has 2 atom stereocenters. The van der Waals surface area contributed by atoms with E-state index in [1.54, 1.807) is 194 Å². The van der Waals surface area contributed by atoms with E-state index in [-0.39, 0.29) is 125 Å². The molecule has 2 aromatic heterocycles. The van der Waals surface area contributed by atoms with Gasteiger partial charge in [0.15, 0.2) is 0 Å². The summed E-state index contributed by atoms with van der Waals surface area (Å²) in [4.78, 5) is 101. The van der Waals surface area contributed by atoms with Crippen LogP contribution in [0.15, 0.2) is 239 Å². The van der Waals surface area contributed by atoms with Gasteiger partial charge in [0, 0.05) is 68.5 Å². The number of nitrogens with zero attached hydrogens (tertiary/aromatic N) is 6. The molecule has 0 fully saturated rings. The van der Waals surface area contributed by atoms with Crippen LogP contribution in [0, 0.1) is 57.2 Å². The number of aliphatic imine (C=N–C) groups is 2. The summed E-state index contributed by atoms with van der Waals surface area (Å²) in [5.74, 6) is -7.79. The van der Waals surface area contributed by atoms with Crippen molar-refractivity contribution in [3.8, 4) is 35.8 Å². The number of nitriles is 4. The van der Waals surface area contributed by atoms with Gasteiger partial charge in [-0.05, 0) is 33.4 Å². The van der Waals surface area contributed by atoms with E-state index < -0.39 is 58.5 Å². The fourth-order valence-corrected chi connectivity index (χ4v) is 14.3. The van der Waals surface area contributed by atoms with Crippen LogP contribution in [-0.2, 0) is 64.6 Å². The molecular formula is C76H44N6O12S2. The van der Waals surface area contributed by atoms with E-state index in [1.807, 2.05) is 24.3 Å². The molecule has 2 unspecified atom stereocenters. The van der Waals surface area contributed by atoms with Gasteiger partial charge in [-0.15, -0.1) is 22.7 Å². The van der Waals surface area contributed by atoms with Gasteiger partial charge < -0.3 is 28.4 Å². The zero-order valence-corrected chi connectivity index (χ0v) is 51.6. The van der Waals surface area contributed by atoms with Crippen LogP contribution in [0.5, 0.6) is 11.5 Å². The number of thiophene rings is 2. The van der Waals surface area contributed by atoms with Gasteiger partial charge in [0.05, 0.1) is 9.75 Å². The maximum absolute atomic E-state index is 15.6. The Hall–Kier alpha value is -12.7. The first kappa shape index (κ1) is 60.8. The normalized spacial score (nSPS) is 17.7. The molecular weight excluding hydrogens is 1250 g/mol. The molecule has 6 aromatic carbocycles. The summed E-state index contributed by atoms with van der Waals surface area (Å²) < 4.78 is 38.2. The largest absolute Gasteiger partial charge is 0.458 e. The molecule has 0 saturated carbocycles. The molecule has 18 nitrogen and oxygen atoms in total. The molecule has 4 heterocycles. The van der Waals surface area contributed by atoms with Crippen LogP contribution in [0.4, 0.5) is 10.0 Å². The van der Waals surface area contributed by atoms with Gasteiger partial charge in [-0.2, -0.15) is 21.0 Å². The number of carbonyl (C=O) groups excluding carboxylic acids is 6. The number of ether oxygens (including phenoxy) is 6. The second-order valence-electron chi connectivity index (χ2n) is 22.5. The minimum Gasteiger partial charge on any atom is -0.458 e. The summed E-state index contributed by atoms with van der Waals surface area (Å²) in [7, 11) is 0. The summed E-state index contributed by atoms with van der Waals surface area (Å²) in [5.41, 5.74) is -2.95. The predicted molar refractivity (Wildman–Crippen MR) is 351 cm³/mol. The number of carbonyl (C=O) groups is 6. The van der Waals surface area contributed by atoms with E-state index in [1.165, 1.54) is 12.1 Å². The van der Waals surface area contributed by atoms with Crippen molar-refractivity contribution in [2.24, 2.45) is 21.8 Å². The van der Waals surface area contributed by atoms with Crippen LogP contribution in [-0.4, -0.2) is 58.1 Å². The Labute approximate surface area is 555 Å². The SMILES string of the molecule is N#CC(C#N)=C1/C(=N/c2cc3c(s2)C2=CC4C=C5C(=CC4C=C2C(C(=O)OCc2ccccc2)(C(=O)OCc2ccccc2)O3)c2sc(/N=C3\C(=O)c4ccccc4C3=C(C#N)C#N)cc2OC5(C(=O)OCc2ccccc2)C(=O)OCc2ccccc2)C(=O)c2ccccc21. The number of allylic oxidation sites excluding steroid dienone is 8. The van der Waals surface area contributed by atoms with Gasteiger partial charge in [0.1, 0.15) is 94.8 Å². The summed E-state index contributed by atoms with van der Waals surface area (Å²) in [6.45, 7) is -1.28. The molecule has 2 aliphatic heterocycles. The quantitative estimate of drug-likeness (QED) is 0.0423. The number of hydrogen-bond donors (Lipinski definition) is 0. The molecule has 20 heteroatoms. The molecule has 0 spiro atoms. The van der Waals surface area contributed by atoms with Crippen LogP contribution in [0.3, 0.4) is 0 Å². The van der Waals surface area contributed by atoms with Crippen molar-refractivity contribution in [3.05, 3.63) is 283 Å². The average Bonchev–Trinajstić information content (AvgIpc) is 1.08. The molecule has 4 aliphatic carbocycles. The van der Waals surface area contributed by atoms with Crippen molar-refractivity contribution in [1.29, 1.82) is 21.0 Å². The Morgan fingerprint density at radius 1 is 0.417 bits per heavy atom. The van der Waals surface area contributed by atoms with Crippen LogP contribution < -0.4 is 9.47 Å². The molecule has 0 amide bonds. The Balaban J connectivity index is 0.980. The lowest BCUT2D eigenvalue weighted by Gasteiger charge is -2.42. The van der Waals surface area contributed by atoms with Crippen molar-refractivity contribution in [2.45, 2.75) is 37.6 Å². The minimum atomic E-state index is -2.76. The smallest absolute Gasteiger partial charge is 0.367 e. The number of fused-ring (bicyclic) bond motifs is 9. The summed E-state index contributed by atoms with van der Waals surface area (Å²) >= 11 is 2.00. The van der Waals surface area contributed by atoms with E-state index in [2.05, 4.69) is 0 Å². The zero-order valence-electron chi connectivity index (χ0n) is 50.0. The highest BCUT2D eigenvalue weighted by molar-refractivity contribution is 7.18. The first-order valence-corrected chi connectivity index (χ1v) is 31.4. The summed E-state index contributed by atoms with van der Waals surface area (Å²) in [6.07, 6.45) is 6.77. The van der Waals surface area contributed by atoms with Crippen molar-refractivity contribution in [1.82, 2.24) is 0 Å². The fraction of sp³-hybridized carbons (Fsp3) is 0.105. The van der Waals surface area contributed by atoms with Crippen LogP contribution in [0.2, 0.25) is 0 Å². The van der Waals surface area contributed by atoms with Crippen LogP contribution >= 0.6 is 22.7 Å². The summed E-state index contributed by atoms with van der Waals surface area (Å²) in [6, 6.07) is 58.4. The second-order valence-corrected chi connectivity index (χ2v) is 24.5. The lowest BCUT2D eigenvalue weighted by Crippen LogP contribution is -2.58. The van der Waals surface area contributed by atoms with Crippen molar-refractivity contribution in [2.75, 3.05) is 0 Å². The third-order valence-electron chi connectivity index (χ3n) is 16.8. The first-order chi connectivity index (χ1) is 46.8. The zero-order chi connectivity index (χ0) is 66.2. The van der Waals surface area contributed by atoms with Gasteiger partial charge in [-0.25, -0.2) is 29.2 Å². The van der Waals surface area contributed by atoms with Gasteiger partial charge in [0.2, 0.25) is 11.6 Å². The number of Topliss-reactive ketones (excluding diaryl/α,β-unsaturated/α-hetero) is 2. The van der Waals surface area contributed by atoms with Crippen molar-refractivity contribution >= 4 is 102 Å². The summed E-state index contributed by atoms with van der Waals surface area (Å²) in [5, 5.41) is 41.0. The molecule has 8 aromatic rings. The predicted octanol–water partition coefficient (Wildman–Crippen LogP) is 13.2. The third kappa shape index (κ3) is 10.5. The monoisotopic (exact) mass is 1300 g/mol. The molecule has 0 N–H and O–H groups in total. The Morgan fingerprint density at radius 2 is 0.708 bits per heavy atom. The number of ketones is 2. The van der Waals surface area contributed by atoms with E-state index in [9.17, 15) is 30.6 Å². The van der Waals surface area contributed by atoms with E-state index >= 15 is 19.2 Å². The highest BCUT2D eigenvalue weighted by Gasteiger charge is 2.63. The average molecular weight is 1300 g/mol. The van der Waals surface area contributed by atoms with Gasteiger partial charge in [-0.1, -0.05) is 194 Å². The number of hydrogen-bond acceptors (Lipinski definition) is 20. The molecule has 14 rings (SSSR count). The standard InChI is InChI=1S/C76H44N6O12S2/c77-35-49(36-78)63-51-25-13-15-27-53(51)67(83)65(63)81-61-33-59-69(95-61)55-29-48-32-58-56(30-47(48)31-57(55)75(93-59,71(85)89-39-43-17-5-1-6-18-43)72(86)90-40-44-19-7-2-8-20-44)70-60(34-62(96-70)82-66-64(50(37-79)38-80)52-26-14-16-28-54(52)68(66)84)94-76(58,73(87)91-41-45-21-9-3-10-22-45)74(88)92-42-46-23-11-4-12-24-46/h1-34,47-48H,39-42H2/b81-65-,82-66-. The maximum atomic E-state index is 15.6. The maximum Gasteiger partial charge on any atom is 0.367 e. The first-order valence-electron chi connectivity index (χ1n) is 29.8. The molecule has 6 aliphatic rings. The van der Waals surface area contributed by atoms with E-state index in [0.29, 0.717) is 33.4 Å². The van der Waals surface area contributed by atoms with Gasteiger partial charge in [-0.3, -0.25) is 9.59 Å². The number of benzene rings is 6. The number of esters is 4. The highest BCUT2D eigenvalue weighted by Crippen LogP contribution is 2.59. The van der Waals surface area contributed by atoms with Crippen molar-refractivity contribution in [3.63, 3.8) is 0 Å². The molecule has 0 saturated heterocycles. The van der Waals surface area contributed by atoms with Crippen LogP contribution in [0.25, 0.3) is 22.3 Å². The van der Waals surface area contributed by atoms with Crippen molar-refractivity contribution < 1.29 is 57.2 Å². The van der Waals surface area contributed by atoms with Gasteiger partial charge >= 0.3 is 35.1 Å². The van der Waals surface area contributed by atoms with Gasteiger partial charge in [0.25, 0.3) is 0 Å². The second kappa shape index (κ2) is 25.1. The highest BCUT2D eigenvalue weighted by atomic mass is 32.1. The topological polar surface area (TPSA) is 278 Å². The fourth-order valence-electron chi connectivity index (χ4n) is 12.3. The molecule has 0 bridgehead atoms. The third-order valence-corrected chi connectivity index (χ3v) is 18.9. The van der Waals surface area contributed by atoms with Crippen LogP contribution in [0.1, 0.15) is 63.9 Å². The van der Waals surface area contributed by atoms with E-state index in [0.717, 1.165) is 22.7 Å². The molecule has 462 valence electrons. The lowest BCUT2D eigenvalue weighted by atomic mass is 9.68. The molecule has 96 heavy (non-hydrogen) atoms. The molecule has 0 radical (unpaired) electrons.